The summed E-state index contributed by atoms with van der Waals surface area (Å²) in [7, 11) is 2.61. The molecule has 5 heteroatoms. The Balaban J connectivity index is 2.94. The van der Waals surface area contributed by atoms with Crippen LogP contribution >= 0.6 is 0 Å². The summed E-state index contributed by atoms with van der Waals surface area (Å²) in [6.45, 7) is 0. The molecule has 1 aromatic rings. The van der Waals surface area contributed by atoms with Gasteiger partial charge in [0.1, 0.15) is 0 Å². The fourth-order valence-electron chi connectivity index (χ4n) is 1.01. The highest BCUT2D eigenvalue weighted by Crippen LogP contribution is 2.08. The minimum Gasteiger partial charge on any atom is -0.349 e. The topological polar surface area (TPSA) is 48.4 Å². The number of aromatic nitrogens is 1. The van der Waals surface area contributed by atoms with Gasteiger partial charge in [-0.3, -0.25) is 4.79 Å². The molecule has 0 aliphatic rings. The molecule has 0 radical (unpaired) electrons. The van der Waals surface area contributed by atoms with Gasteiger partial charge < -0.3 is 9.47 Å². The average molecular weight is 199 g/mol. The van der Waals surface area contributed by atoms with Crippen LogP contribution in [0.3, 0.4) is 0 Å². The normalized spacial score (nSPS) is 10.6. The van der Waals surface area contributed by atoms with Crippen molar-refractivity contribution in [3.8, 4) is 0 Å². The van der Waals surface area contributed by atoms with Crippen LogP contribution in [0.5, 0.6) is 0 Å². The summed E-state index contributed by atoms with van der Waals surface area (Å²) in [4.78, 5) is 14.9. The van der Waals surface area contributed by atoms with Crippen LogP contribution in [-0.4, -0.2) is 31.3 Å². The van der Waals surface area contributed by atoms with Gasteiger partial charge in [0, 0.05) is 20.4 Å². The third kappa shape index (κ3) is 2.12. The molecular formula is C9H10FNO3. The van der Waals surface area contributed by atoms with Gasteiger partial charge in [-0.2, -0.15) is 4.39 Å². The molecule has 14 heavy (non-hydrogen) atoms. The first-order chi connectivity index (χ1) is 6.70. The molecular weight excluding hydrogens is 189 g/mol. The Morgan fingerprint density at radius 2 is 2.14 bits per heavy atom. The Hall–Kier alpha value is -1.33. The number of methoxy groups -OCH3 is 2. The van der Waals surface area contributed by atoms with Crippen molar-refractivity contribution in [3.63, 3.8) is 0 Å². The molecule has 0 amide bonds. The van der Waals surface area contributed by atoms with E-state index in [0.29, 0.717) is 0 Å². The van der Waals surface area contributed by atoms with Crippen LogP contribution in [0.15, 0.2) is 18.3 Å². The van der Waals surface area contributed by atoms with E-state index in [2.05, 4.69) is 4.98 Å². The van der Waals surface area contributed by atoms with Gasteiger partial charge in [0.25, 0.3) is 0 Å². The van der Waals surface area contributed by atoms with Crippen molar-refractivity contribution in [3.05, 3.63) is 29.8 Å². The van der Waals surface area contributed by atoms with Crippen LogP contribution < -0.4 is 0 Å². The third-order valence-corrected chi connectivity index (χ3v) is 1.67. The number of hydrogen-bond acceptors (Lipinski definition) is 4. The molecule has 76 valence electrons. The van der Waals surface area contributed by atoms with Gasteiger partial charge >= 0.3 is 0 Å². The molecule has 0 saturated heterocycles. The third-order valence-electron chi connectivity index (χ3n) is 1.67. The van der Waals surface area contributed by atoms with Crippen molar-refractivity contribution in [1.29, 1.82) is 0 Å². The number of ketones is 1. The minimum absolute atomic E-state index is 0.138. The van der Waals surface area contributed by atoms with E-state index in [1.807, 2.05) is 0 Å². The second-order valence-corrected chi connectivity index (χ2v) is 2.51. The maximum atomic E-state index is 13.0. The van der Waals surface area contributed by atoms with E-state index < -0.39 is 18.0 Å². The lowest BCUT2D eigenvalue weighted by Crippen LogP contribution is -2.26. The van der Waals surface area contributed by atoms with E-state index in [1.54, 1.807) is 0 Å². The summed E-state index contributed by atoms with van der Waals surface area (Å²) >= 11 is 0. The van der Waals surface area contributed by atoms with Gasteiger partial charge in [-0.15, -0.1) is 0 Å². The molecule has 1 heterocycles. The molecule has 0 atom stereocenters. The average Bonchev–Trinajstić information content (AvgIpc) is 2.20. The molecule has 0 saturated carbocycles. The molecule has 0 aliphatic carbocycles. The predicted molar refractivity (Wildman–Crippen MR) is 46.3 cm³/mol. The van der Waals surface area contributed by atoms with Crippen LogP contribution in [0.25, 0.3) is 0 Å². The Morgan fingerprint density at radius 1 is 1.50 bits per heavy atom. The summed E-state index contributed by atoms with van der Waals surface area (Å²) in [6, 6.07) is 2.80. The fourth-order valence-corrected chi connectivity index (χ4v) is 1.01. The predicted octanol–water partition coefficient (Wildman–Crippen LogP) is 1.02. The highest BCUT2D eigenvalue weighted by Gasteiger charge is 2.22. The quantitative estimate of drug-likeness (QED) is 0.412. The number of halogens is 1. The first-order valence-corrected chi connectivity index (χ1v) is 3.91. The number of ether oxygens (including phenoxy) is 2. The van der Waals surface area contributed by atoms with Crippen LogP contribution in [0, 0.1) is 5.95 Å². The molecule has 0 N–H and O–H groups in total. The van der Waals surface area contributed by atoms with Crippen LogP contribution in [0.4, 0.5) is 4.39 Å². The Morgan fingerprint density at radius 3 is 2.64 bits per heavy atom. The van der Waals surface area contributed by atoms with Crippen LogP contribution in [0.2, 0.25) is 0 Å². The summed E-state index contributed by atoms with van der Waals surface area (Å²) in [5.74, 6) is -1.41. The van der Waals surface area contributed by atoms with Crippen molar-refractivity contribution >= 4 is 5.78 Å². The first-order valence-electron chi connectivity index (χ1n) is 3.91. The molecule has 0 spiro atoms. The van der Waals surface area contributed by atoms with Crippen molar-refractivity contribution < 1.29 is 18.7 Å². The minimum atomic E-state index is -1.09. The van der Waals surface area contributed by atoms with Crippen molar-refractivity contribution in [2.75, 3.05) is 14.2 Å². The second-order valence-electron chi connectivity index (χ2n) is 2.51. The van der Waals surface area contributed by atoms with Gasteiger partial charge in [0.05, 0.1) is 5.56 Å². The number of hydrogen-bond donors (Lipinski definition) is 0. The van der Waals surface area contributed by atoms with E-state index in [-0.39, 0.29) is 5.56 Å². The number of Topliss-reactive ketones (excluding diaryl/α,β-unsaturated/α-hetero) is 1. The standard InChI is InChI=1S/C9H10FNO3/c1-13-9(14-2)7(12)6-4-3-5-11-8(6)10/h3-5,9H,1-2H3. The lowest BCUT2D eigenvalue weighted by Gasteiger charge is -2.11. The summed E-state index contributed by atoms with van der Waals surface area (Å²) < 4.78 is 22.4. The number of carbonyl (C=O) groups is 1. The molecule has 0 fully saturated rings. The van der Waals surface area contributed by atoms with Crippen molar-refractivity contribution in [2.24, 2.45) is 0 Å². The van der Waals surface area contributed by atoms with E-state index in [4.69, 9.17) is 9.47 Å². The monoisotopic (exact) mass is 199 g/mol. The van der Waals surface area contributed by atoms with Crippen molar-refractivity contribution in [1.82, 2.24) is 4.98 Å². The zero-order valence-electron chi connectivity index (χ0n) is 7.86. The molecule has 0 aromatic carbocycles. The molecule has 0 unspecified atom stereocenters. The summed E-state index contributed by atoms with van der Waals surface area (Å²) in [5, 5.41) is 0. The smallest absolute Gasteiger partial charge is 0.223 e. The summed E-state index contributed by atoms with van der Waals surface area (Å²) in [6.07, 6.45) is 0.175. The van der Waals surface area contributed by atoms with Gasteiger partial charge in [0.2, 0.25) is 18.0 Å². The highest BCUT2D eigenvalue weighted by molar-refractivity contribution is 5.98. The zero-order valence-corrected chi connectivity index (χ0v) is 7.86. The van der Waals surface area contributed by atoms with Crippen LogP contribution in [0.1, 0.15) is 10.4 Å². The zero-order chi connectivity index (χ0) is 10.6. The van der Waals surface area contributed by atoms with E-state index >= 15 is 0 Å². The lowest BCUT2D eigenvalue weighted by atomic mass is 10.2. The number of pyridine rings is 1. The van der Waals surface area contributed by atoms with Gasteiger partial charge in [-0.25, -0.2) is 4.98 Å². The number of rotatable bonds is 4. The maximum Gasteiger partial charge on any atom is 0.223 e. The number of nitrogens with zero attached hydrogens (tertiary/aromatic N) is 1. The maximum absolute atomic E-state index is 13.0. The van der Waals surface area contributed by atoms with E-state index in [9.17, 15) is 9.18 Å². The molecule has 0 aliphatic heterocycles. The van der Waals surface area contributed by atoms with Gasteiger partial charge in [-0.1, -0.05) is 0 Å². The Labute approximate surface area is 80.7 Å². The second kappa shape index (κ2) is 4.78. The summed E-state index contributed by atoms with van der Waals surface area (Å²) in [5.41, 5.74) is -0.138. The largest absolute Gasteiger partial charge is 0.349 e. The van der Waals surface area contributed by atoms with E-state index in [0.717, 1.165) is 0 Å². The Bertz CT molecular complexity index is 326. The van der Waals surface area contributed by atoms with Gasteiger partial charge in [0.15, 0.2) is 0 Å². The molecule has 1 aromatic heterocycles. The fraction of sp³-hybridized carbons (Fsp3) is 0.333. The van der Waals surface area contributed by atoms with Gasteiger partial charge in [-0.05, 0) is 12.1 Å². The number of carbonyl (C=O) groups excluding carboxylic acids is 1. The highest BCUT2D eigenvalue weighted by atomic mass is 19.1. The first kappa shape index (κ1) is 10.7. The van der Waals surface area contributed by atoms with E-state index in [1.165, 1.54) is 32.5 Å². The molecule has 1 rings (SSSR count). The SMILES string of the molecule is COC(OC)C(=O)c1cccnc1F. The van der Waals surface area contributed by atoms with Crippen LogP contribution in [-0.2, 0) is 9.47 Å². The lowest BCUT2D eigenvalue weighted by molar-refractivity contribution is -0.0744. The molecule has 0 bridgehead atoms. The molecule has 4 nitrogen and oxygen atoms in total. The Kier molecular flexibility index (Phi) is 3.67. The van der Waals surface area contributed by atoms with Crippen molar-refractivity contribution in [2.45, 2.75) is 6.29 Å².